The van der Waals surface area contributed by atoms with Crippen molar-refractivity contribution in [2.24, 2.45) is 0 Å². The minimum atomic E-state index is -3.99. The third-order valence-corrected chi connectivity index (χ3v) is 4.79. The second kappa shape index (κ2) is 9.41. The molecule has 0 amide bonds. The van der Waals surface area contributed by atoms with E-state index in [-0.39, 0.29) is 17.6 Å². The Balaban J connectivity index is 2.21. The summed E-state index contributed by atoms with van der Waals surface area (Å²) in [6, 6.07) is 13.2. The van der Waals surface area contributed by atoms with Crippen molar-refractivity contribution >= 4 is 13.7 Å². The van der Waals surface area contributed by atoms with Crippen LogP contribution in [0.1, 0.15) is 20.8 Å². The molecule has 0 aliphatic rings. The van der Waals surface area contributed by atoms with Gasteiger partial charge in [0.25, 0.3) is 0 Å². The molecule has 2 atom stereocenters. The molecule has 9 heteroatoms. The molecule has 146 valence electrons. The predicted octanol–water partition coefficient (Wildman–Crippen LogP) is 4.03. The van der Waals surface area contributed by atoms with Gasteiger partial charge in [0.05, 0.1) is 6.10 Å². The lowest BCUT2D eigenvalue weighted by molar-refractivity contribution is -0.149. The lowest BCUT2D eigenvalue weighted by atomic mass is 10.3. The number of nitrogens with one attached hydrogen (secondary N) is 1. The first-order valence-corrected chi connectivity index (χ1v) is 9.79. The van der Waals surface area contributed by atoms with Gasteiger partial charge < -0.3 is 18.7 Å². The van der Waals surface area contributed by atoms with E-state index >= 15 is 0 Å². The van der Waals surface area contributed by atoms with Gasteiger partial charge in [0.15, 0.2) is 5.75 Å². The van der Waals surface area contributed by atoms with E-state index in [1.54, 1.807) is 44.2 Å². The molecule has 0 aliphatic heterocycles. The van der Waals surface area contributed by atoms with E-state index < -0.39 is 19.8 Å². The molecular weight excluding hydrogens is 373 g/mol. The molecule has 0 heterocycles. The third kappa shape index (κ3) is 6.60. The second-order valence-electron chi connectivity index (χ2n) is 5.89. The van der Waals surface area contributed by atoms with Gasteiger partial charge in [-0.2, -0.15) is 5.09 Å². The van der Waals surface area contributed by atoms with E-state index in [4.69, 9.17) is 19.0 Å². The number of esters is 1. The highest BCUT2D eigenvalue weighted by atomic mass is 31.2. The molecule has 2 aromatic carbocycles. The molecule has 0 aromatic heterocycles. The Kier molecular flexibility index (Phi) is 7.24. The first-order valence-electron chi connectivity index (χ1n) is 8.25. The Hall–Kier alpha value is -2.54. The number of rotatable bonds is 9. The molecule has 0 saturated carbocycles. The maximum atomic E-state index is 13.3. The van der Waals surface area contributed by atoms with E-state index in [1.807, 2.05) is 0 Å². The molecule has 0 bridgehead atoms. The van der Waals surface area contributed by atoms with Crippen LogP contribution in [0.4, 0.5) is 0 Å². The third-order valence-electron chi connectivity index (χ3n) is 3.18. The van der Waals surface area contributed by atoms with Crippen LogP contribution >= 0.6 is 7.75 Å². The Bertz CT molecular complexity index is 780. The number of para-hydroxylation sites is 1. The summed E-state index contributed by atoms with van der Waals surface area (Å²) in [4.78, 5) is 16.2. The first kappa shape index (κ1) is 20.8. The van der Waals surface area contributed by atoms with Gasteiger partial charge >= 0.3 is 13.7 Å². The highest BCUT2D eigenvalue weighted by molar-refractivity contribution is 7.52. The number of ether oxygens (including phenoxy) is 1. The van der Waals surface area contributed by atoms with Crippen molar-refractivity contribution in [3.8, 4) is 17.2 Å². The monoisotopic (exact) mass is 395 g/mol. The Morgan fingerprint density at radius 1 is 0.926 bits per heavy atom. The average molecular weight is 395 g/mol. The number of hydrogen-bond donors (Lipinski definition) is 2. The van der Waals surface area contributed by atoms with Crippen LogP contribution in [0.5, 0.6) is 17.2 Å². The molecule has 2 N–H and O–H groups in total. The summed E-state index contributed by atoms with van der Waals surface area (Å²) in [7, 11) is -3.99. The summed E-state index contributed by atoms with van der Waals surface area (Å²) in [6.45, 7) is 4.93. The maximum absolute atomic E-state index is 13.3. The minimum Gasteiger partial charge on any atom is -0.462 e. The van der Waals surface area contributed by atoms with Crippen molar-refractivity contribution < 1.29 is 33.3 Å². The molecule has 0 aliphatic carbocycles. The normalized spacial score (nSPS) is 14.1. The summed E-state index contributed by atoms with van der Waals surface area (Å²) in [5, 5.41) is 11.2. The zero-order valence-corrected chi connectivity index (χ0v) is 16.1. The molecule has 0 saturated heterocycles. The minimum absolute atomic E-state index is 0.183. The van der Waals surface area contributed by atoms with Gasteiger partial charge in [-0.1, -0.05) is 18.2 Å². The highest BCUT2D eigenvalue weighted by Gasteiger charge is 2.34. The quantitative estimate of drug-likeness (QED) is 0.284. The SMILES string of the molecule is CC(C)OC(=O)[C@H](C)NP(=O)(Oc1ccccc1)Oc1ccc(OO)cc1. The smallest absolute Gasteiger partial charge is 0.462 e. The average Bonchev–Trinajstić information content (AvgIpc) is 2.62. The van der Waals surface area contributed by atoms with Gasteiger partial charge in [-0.05, 0) is 57.2 Å². The highest BCUT2D eigenvalue weighted by Crippen LogP contribution is 2.45. The van der Waals surface area contributed by atoms with Crippen LogP contribution in [0.15, 0.2) is 54.6 Å². The molecule has 0 fully saturated rings. The molecule has 2 rings (SSSR count). The van der Waals surface area contributed by atoms with Crippen molar-refractivity contribution in [3.63, 3.8) is 0 Å². The topological polar surface area (TPSA) is 103 Å². The lowest BCUT2D eigenvalue weighted by Crippen LogP contribution is -2.36. The molecular formula is C18H22NO7P. The zero-order valence-electron chi connectivity index (χ0n) is 15.2. The van der Waals surface area contributed by atoms with Gasteiger partial charge in [0.2, 0.25) is 0 Å². The van der Waals surface area contributed by atoms with Crippen LogP contribution < -0.4 is 19.0 Å². The predicted molar refractivity (Wildman–Crippen MR) is 98.8 cm³/mol. The van der Waals surface area contributed by atoms with Crippen molar-refractivity contribution in [3.05, 3.63) is 54.6 Å². The molecule has 8 nitrogen and oxygen atoms in total. The van der Waals surface area contributed by atoms with Crippen LogP contribution in [-0.2, 0) is 14.1 Å². The zero-order chi connectivity index (χ0) is 19.9. The van der Waals surface area contributed by atoms with Crippen molar-refractivity contribution in [2.45, 2.75) is 32.9 Å². The van der Waals surface area contributed by atoms with E-state index in [0.29, 0.717) is 5.75 Å². The summed E-state index contributed by atoms with van der Waals surface area (Å²) in [6.07, 6.45) is -0.317. The van der Waals surface area contributed by atoms with Crippen LogP contribution in [0.3, 0.4) is 0 Å². The van der Waals surface area contributed by atoms with E-state index in [1.165, 1.54) is 31.2 Å². The van der Waals surface area contributed by atoms with Crippen LogP contribution in [-0.4, -0.2) is 23.4 Å². The van der Waals surface area contributed by atoms with Gasteiger partial charge in [0.1, 0.15) is 17.5 Å². The fourth-order valence-corrected chi connectivity index (χ4v) is 3.54. The fraction of sp³-hybridized carbons (Fsp3) is 0.278. The number of benzene rings is 2. The lowest BCUT2D eigenvalue weighted by Gasteiger charge is -2.23. The summed E-state index contributed by atoms with van der Waals surface area (Å²) in [5.41, 5.74) is 0. The molecule has 0 radical (unpaired) electrons. The van der Waals surface area contributed by atoms with Crippen molar-refractivity contribution in [1.82, 2.24) is 5.09 Å². The van der Waals surface area contributed by atoms with Crippen LogP contribution in [0, 0.1) is 0 Å². The number of carbonyl (C=O) groups excluding carboxylic acids is 1. The summed E-state index contributed by atoms with van der Waals surface area (Å²) < 4.78 is 29.4. The van der Waals surface area contributed by atoms with Gasteiger partial charge in [0, 0.05) is 0 Å². The molecule has 1 unspecified atom stereocenters. The molecule has 27 heavy (non-hydrogen) atoms. The maximum Gasteiger partial charge on any atom is 0.513 e. The largest absolute Gasteiger partial charge is 0.513 e. The number of carbonyl (C=O) groups is 1. The standard InChI is InChI=1S/C18H22NO7P/c1-13(2)23-18(20)14(3)19-27(22,25-16-7-5-4-6-8-16)26-17-11-9-15(24-21)10-12-17/h4-14,21H,1-3H3,(H,19,22)/t14-,27?/m0/s1. The van der Waals surface area contributed by atoms with E-state index in [9.17, 15) is 9.36 Å². The Labute approximate surface area is 157 Å². The van der Waals surface area contributed by atoms with Crippen molar-refractivity contribution in [2.75, 3.05) is 0 Å². The van der Waals surface area contributed by atoms with Gasteiger partial charge in [-0.3, -0.25) is 4.79 Å². The van der Waals surface area contributed by atoms with E-state index in [0.717, 1.165) is 0 Å². The summed E-state index contributed by atoms with van der Waals surface area (Å²) in [5.74, 6) is 0.0811. The van der Waals surface area contributed by atoms with Crippen molar-refractivity contribution in [1.29, 1.82) is 0 Å². The van der Waals surface area contributed by atoms with Crippen LogP contribution in [0.25, 0.3) is 0 Å². The van der Waals surface area contributed by atoms with Crippen LogP contribution in [0.2, 0.25) is 0 Å². The Morgan fingerprint density at radius 2 is 1.44 bits per heavy atom. The number of hydrogen-bond acceptors (Lipinski definition) is 7. The van der Waals surface area contributed by atoms with E-state index in [2.05, 4.69) is 9.97 Å². The van der Waals surface area contributed by atoms with Gasteiger partial charge in [-0.25, -0.2) is 9.82 Å². The molecule has 0 spiro atoms. The van der Waals surface area contributed by atoms with Gasteiger partial charge in [-0.15, -0.1) is 0 Å². The fourth-order valence-electron chi connectivity index (χ4n) is 2.02. The molecule has 2 aromatic rings. The first-order chi connectivity index (χ1) is 12.8. The second-order valence-corrected chi connectivity index (χ2v) is 7.51. The Morgan fingerprint density at radius 3 is 1.96 bits per heavy atom. The summed E-state index contributed by atoms with van der Waals surface area (Å²) >= 11 is 0.